The van der Waals surface area contributed by atoms with Crippen LogP contribution in [-0.4, -0.2) is 18.0 Å². The molecule has 0 atom stereocenters. The second kappa shape index (κ2) is 21.2. The van der Waals surface area contributed by atoms with Gasteiger partial charge in [-0.05, 0) is 183 Å². The van der Waals surface area contributed by atoms with Crippen LogP contribution in [0.2, 0.25) is 0 Å². The van der Waals surface area contributed by atoms with Crippen LogP contribution in [0.1, 0.15) is 154 Å². The van der Waals surface area contributed by atoms with Gasteiger partial charge in [-0.2, -0.15) is 0 Å². The highest BCUT2D eigenvalue weighted by molar-refractivity contribution is 7.02. The average Bonchev–Trinajstić information content (AvgIpc) is 1.16. The lowest BCUT2D eigenvalue weighted by molar-refractivity contribution is 0.473. The first-order valence-electron chi connectivity index (χ1n) is 33.6. The Morgan fingerprint density at radius 1 is 0.337 bits per heavy atom. The number of anilines is 3. The first-order valence-corrected chi connectivity index (χ1v) is 33.6. The van der Waals surface area contributed by atoms with E-state index >= 15 is 0 Å². The minimum Gasteiger partial charge on any atom is -0.456 e. The smallest absolute Gasteiger partial charge is 0.256 e. The van der Waals surface area contributed by atoms with Gasteiger partial charge in [0.2, 0.25) is 0 Å². The van der Waals surface area contributed by atoms with E-state index in [0.29, 0.717) is 23.7 Å². The van der Waals surface area contributed by atoms with Crippen molar-refractivity contribution in [2.75, 3.05) is 4.90 Å². The van der Waals surface area contributed by atoms with E-state index in [1.165, 1.54) is 111 Å². The van der Waals surface area contributed by atoms with Gasteiger partial charge in [-0.25, -0.2) is 0 Å². The van der Waals surface area contributed by atoms with Crippen molar-refractivity contribution in [1.82, 2.24) is 4.57 Å². The molecule has 4 nitrogen and oxygen atoms in total. The van der Waals surface area contributed by atoms with Crippen LogP contribution in [0.5, 0.6) is 23.0 Å². The van der Waals surface area contributed by atoms with Crippen molar-refractivity contribution in [3.05, 3.63) is 240 Å². The molecule has 0 saturated carbocycles. The van der Waals surface area contributed by atoms with Crippen molar-refractivity contribution >= 4 is 85.1 Å². The number of nitrogens with zero attached hydrogens (tertiary/aromatic N) is 2. The zero-order valence-corrected chi connectivity index (χ0v) is 55.8. The molecule has 92 heavy (non-hydrogen) atoms. The van der Waals surface area contributed by atoms with E-state index in [2.05, 4.69) is 313 Å². The standard InChI is InChI=1S/C86H80B2N2O2/c1-49(2)53-15-23-57(24-16-53)58-31-37-67(38-32-58)89-75-40-34-63(60-27-19-55(20-28-60)51(5)6)45-70(75)87-71-47-65(85(9,10)11)35-41-76(71)92-84-78(87)81(89)83-79-82(84)90-74-39-33-62(59-25-17-54(18-26-59)50(3)4)43-68(74)69-44-64(61-29-21-56(22-30-61)52(7)8)46-73(80(69)90)88(79)72-48-66(86(12,13)14)36-42-77(72)91-83/h15-52H,1-14H3. The van der Waals surface area contributed by atoms with E-state index in [4.69, 9.17) is 9.47 Å². The molecule has 11 aromatic carbocycles. The normalized spacial score (nSPS) is 13.6. The minimum absolute atomic E-state index is 0.129. The molecule has 0 aliphatic carbocycles. The van der Waals surface area contributed by atoms with E-state index in [1.54, 1.807) is 0 Å². The van der Waals surface area contributed by atoms with Crippen LogP contribution in [0, 0.1) is 0 Å². The van der Waals surface area contributed by atoms with Gasteiger partial charge >= 0.3 is 0 Å². The van der Waals surface area contributed by atoms with Gasteiger partial charge in [0.1, 0.15) is 23.0 Å². The Labute approximate surface area is 545 Å². The fraction of sp³-hybridized carbons (Fsp3) is 0.233. The Bertz CT molecular complexity index is 4980. The van der Waals surface area contributed by atoms with E-state index in [-0.39, 0.29) is 24.3 Å². The van der Waals surface area contributed by atoms with Crippen molar-refractivity contribution in [1.29, 1.82) is 0 Å². The van der Waals surface area contributed by atoms with Gasteiger partial charge < -0.3 is 18.9 Å². The summed E-state index contributed by atoms with van der Waals surface area (Å²) in [4.78, 5) is 2.54. The average molecular weight is 1200 g/mol. The fourth-order valence-electron chi connectivity index (χ4n) is 15.3. The summed E-state index contributed by atoms with van der Waals surface area (Å²) in [5, 5.41) is 2.43. The maximum Gasteiger partial charge on any atom is 0.256 e. The highest BCUT2D eigenvalue weighted by atomic mass is 16.5. The minimum atomic E-state index is -0.243. The Hall–Kier alpha value is -9.25. The van der Waals surface area contributed by atoms with Crippen LogP contribution in [-0.2, 0) is 10.8 Å². The zero-order chi connectivity index (χ0) is 63.5. The largest absolute Gasteiger partial charge is 0.456 e. The Kier molecular flexibility index (Phi) is 13.3. The molecule has 0 N–H and O–H groups in total. The molecular weight excluding hydrogens is 1110 g/mol. The fourth-order valence-corrected chi connectivity index (χ4v) is 15.3. The van der Waals surface area contributed by atoms with Crippen LogP contribution in [0.15, 0.2) is 206 Å². The lowest BCUT2D eigenvalue weighted by Gasteiger charge is -2.45. The van der Waals surface area contributed by atoms with Crippen LogP contribution >= 0.6 is 0 Å². The SMILES string of the molecule is CC(C)c1ccc(-c2ccc(N3c4ccc(-c5ccc(C(C)C)cc5)cc4B4c5cc(C(C)(C)C)ccc5Oc5c4c3c3c4c5-n5c6ccc(-c7ccc(C(C)C)cc7)cc6c6cc(-c7ccc(C(C)C)cc7)cc(c65)B4c4cc(C(C)(C)C)ccc4O3)cc2)cc1. The molecule has 4 aliphatic rings. The molecule has 6 heteroatoms. The van der Waals surface area contributed by atoms with Gasteiger partial charge in [-0.3, -0.25) is 0 Å². The maximum atomic E-state index is 7.99. The third kappa shape index (κ3) is 9.16. The molecule has 0 amide bonds. The first-order chi connectivity index (χ1) is 44.2. The highest BCUT2D eigenvalue weighted by Gasteiger charge is 2.52. The summed E-state index contributed by atoms with van der Waals surface area (Å²) in [6, 6.07) is 79.7. The summed E-state index contributed by atoms with van der Waals surface area (Å²) in [5.41, 5.74) is 30.8. The summed E-state index contributed by atoms with van der Waals surface area (Å²) in [7, 11) is 0. The summed E-state index contributed by atoms with van der Waals surface area (Å²) in [6.45, 7) is 31.6. The molecule has 4 aliphatic heterocycles. The lowest BCUT2D eigenvalue weighted by Crippen LogP contribution is -2.63. The molecular formula is C86H80B2N2O2. The number of hydrogen-bond acceptors (Lipinski definition) is 3. The van der Waals surface area contributed by atoms with Gasteiger partial charge in [-0.15, -0.1) is 0 Å². The predicted molar refractivity (Wildman–Crippen MR) is 393 cm³/mol. The Balaban J connectivity index is 1.04. The molecule has 5 heterocycles. The first kappa shape index (κ1) is 57.9. The summed E-state index contributed by atoms with van der Waals surface area (Å²) in [5.74, 6) is 5.24. The third-order valence-corrected chi connectivity index (χ3v) is 20.8. The summed E-state index contributed by atoms with van der Waals surface area (Å²) < 4.78 is 18.6. The Morgan fingerprint density at radius 2 is 0.717 bits per heavy atom. The van der Waals surface area contributed by atoms with E-state index in [9.17, 15) is 0 Å². The number of fused-ring (bicyclic) bond motifs is 13. The molecule has 0 unspecified atom stereocenters. The predicted octanol–water partition coefficient (Wildman–Crippen LogP) is 19.9. The molecule has 16 rings (SSSR count). The zero-order valence-electron chi connectivity index (χ0n) is 55.8. The molecule has 0 spiro atoms. The summed E-state index contributed by atoms with van der Waals surface area (Å²) >= 11 is 0. The lowest BCUT2D eigenvalue weighted by atomic mass is 9.31. The van der Waals surface area contributed by atoms with E-state index in [1.807, 2.05) is 0 Å². The molecule has 0 fully saturated rings. The number of rotatable bonds is 9. The van der Waals surface area contributed by atoms with Crippen LogP contribution < -0.4 is 47.2 Å². The number of aromatic nitrogens is 1. The van der Waals surface area contributed by atoms with Gasteiger partial charge in [0.25, 0.3) is 13.4 Å². The van der Waals surface area contributed by atoms with Crippen LogP contribution in [0.3, 0.4) is 0 Å². The molecule has 0 bridgehead atoms. The highest BCUT2D eigenvalue weighted by Crippen LogP contribution is 2.53. The van der Waals surface area contributed by atoms with Crippen molar-refractivity contribution < 1.29 is 9.47 Å². The molecule has 452 valence electrons. The molecule has 12 aromatic rings. The second-order valence-corrected chi connectivity index (χ2v) is 30.0. The molecule has 0 radical (unpaired) electrons. The second-order valence-electron chi connectivity index (χ2n) is 30.0. The quantitative estimate of drug-likeness (QED) is 0.135. The van der Waals surface area contributed by atoms with E-state index in [0.717, 1.165) is 67.7 Å². The third-order valence-electron chi connectivity index (χ3n) is 20.8. The van der Waals surface area contributed by atoms with Crippen molar-refractivity contribution in [3.63, 3.8) is 0 Å². The van der Waals surface area contributed by atoms with Gasteiger partial charge in [0.15, 0.2) is 0 Å². The number of ether oxygens (including phenoxy) is 2. The topological polar surface area (TPSA) is 26.6 Å². The van der Waals surface area contributed by atoms with Gasteiger partial charge in [0.05, 0.1) is 16.9 Å². The van der Waals surface area contributed by atoms with Gasteiger partial charge in [-0.1, -0.05) is 255 Å². The van der Waals surface area contributed by atoms with E-state index < -0.39 is 0 Å². The number of benzene rings is 11. The molecule has 1 aromatic heterocycles. The van der Waals surface area contributed by atoms with Crippen molar-refractivity contribution in [3.8, 4) is 73.2 Å². The van der Waals surface area contributed by atoms with Crippen LogP contribution in [0.25, 0.3) is 72.0 Å². The van der Waals surface area contributed by atoms with Gasteiger partial charge in [0, 0.05) is 38.6 Å². The van der Waals surface area contributed by atoms with Crippen molar-refractivity contribution in [2.45, 2.75) is 131 Å². The molecule has 0 saturated heterocycles. The van der Waals surface area contributed by atoms with Crippen LogP contribution in [0.4, 0.5) is 17.1 Å². The summed E-state index contributed by atoms with van der Waals surface area (Å²) in [6.07, 6.45) is 0. The van der Waals surface area contributed by atoms with Crippen molar-refractivity contribution in [2.24, 2.45) is 0 Å². The monoisotopic (exact) mass is 1190 g/mol. The maximum absolute atomic E-state index is 7.99. The number of hydrogen-bond donors (Lipinski definition) is 0. The Morgan fingerprint density at radius 3 is 1.20 bits per heavy atom.